The van der Waals surface area contributed by atoms with Crippen molar-refractivity contribution in [3.8, 4) is 0 Å². The molecule has 3 unspecified atom stereocenters. The van der Waals surface area contributed by atoms with E-state index >= 15 is 0 Å². The van der Waals surface area contributed by atoms with Crippen molar-refractivity contribution in [3.63, 3.8) is 0 Å². The van der Waals surface area contributed by atoms with E-state index in [0.29, 0.717) is 12.5 Å². The van der Waals surface area contributed by atoms with Gasteiger partial charge in [-0.2, -0.15) is 5.10 Å². The van der Waals surface area contributed by atoms with Gasteiger partial charge in [0, 0.05) is 7.11 Å². The number of methoxy groups -OCH3 is 1. The highest BCUT2D eigenvalue weighted by atomic mass is 79.9. The molecule has 0 radical (unpaired) electrons. The van der Waals surface area contributed by atoms with Crippen molar-refractivity contribution in [3.05, 3.63) is 16.4 Å². The summed E-state index contributed by atoms with van der Waals surface area (Å²) in [5.41, 5.74) is 4.19. The van der Waals surface area contributed by atoms with Crippen LogP contribution in [0.25, 0.3) is 0 Å². The van der Waals surface area contributed by atoms with Crippen LogP contribution in [0.15, 0.2) is 10.7 Å². The van der Waals surface area contributed by atoms with Crippen molar-refractivity contribution in [1.29, 1.82) is 0 Å². The average Bonchev–Trinajstić information content (AvgIpc) is 2.78. The highest BCUT2D eigenvalue weighted by molar-refractivity contribution is 9.10. The number of hydrogen-bond donors (Lipinski definition) is 2. The third-order valence-corrected chi connectivity index (χ3v) is 5.28. The number of rotatable bonds is 6. The van der Waals surface area contributed by atoms with E-state index in [1.165, 1.54) is 25.0 Å². The molecule has 0 aromatic carbocycles. The highest BCUT2D eigenvalue weighted by Gasteiger charge is 2.56. The van der Waals surface area contributed by atoms with Crippen LogP contribution in [-0.2, 0) is 11.3 Å². The van der Waals surface area contributed by atoms with Gasteiger partial charge < -0.3 is 4.74 Å². The van der Waals surface area contributed by atoms with Gasteiger partial charge in [-0.25, -0.2) is 0 Å². The fourth-order valence-corrected chi connectivity index (χ4v) is 4.32. The molecule has 0 amide bonds. The minimum absolute atomic E-state index is 0.198. The van der Waals surface area contributed by atoms with Gasteiger partial charge in [0.1, 0.15) is 0 Å². The zero-order valence-corrected chi connectivity index (χ0v) is 12.8. The summed E-state index contributed by atoms with van der Waals surface area (Å²) in [7, 11) is 1.71. The molecular weight excluding hydrogens is 308 g/mol. The van der Waals surface area contributed by atoms with Crippen molar-refractivity contribution in [2.75, 3.05) is 13.7 Å². The minimum Gasteiger partial charge on any atom is -0.383 e. The molecule has 2 aliphatic rings. The minimum atomic E-state index is 0.198. The molecule has 1 heterocycles. The Hall–Kier alpha value is -0.430. The third kappa shape index (κ3) is 2.35. The lowest BCUT2D eigenvalue weighted by atomic mass is 10.0. The summed E-state index contributed by atoms with van der Waals surface area (Å²) in [6.07, 6.45) is 5.95. The van der Waals surface area contributed by atoms with E-state index in [1.54, 1.807) is 7.11 Å². The average molecular weight is 329 g/mol. The summed E-state index contributed by atoms with van der Waals surface area (Å²) < 4.78 is 8.19. The smallest absolute Gasteiger partial charge is 0.0713 e. The summed E-state index contributed by atoms with van der Waals surface area (Å²) in [4.78, 5) is 0. The van der Waals surface area contributed by atoms with Crippen LogP contribution in [0.1, 0.15) is 31.0 Å². The Morgan fingerprint density at radius 2 is 2.32 bits per heavy atom. The zero-order valence-electron chi connectivity index (χ0n) is 11.2. The summed E-state index contributed by atoms with van der Waals surface area (Å²) in [6, 6.07) is 0.198. The number of hydrazine groups is 1. The van der Waals surface area contributed by atoms with Gasteiger partial charge in [0.05, 0.1) is 35.6 Å². The molecule has 2 aliphatic carbocycles. The molecule has 2 fully saturated rings. The van der Waals surface area contributed by atoms with Crippen LogP contribution in [0.3, 0.4) is 0 Å². The van der Waals surface area contributed by atoms with Crippen LogP contribution in [-0.4, -0.2) is 23.5 Å². The molecule has 2 saturated carbocycles. The first-order chi connectivity index (χ1) is 9.27. The summed E-state index contributed by atoms with van der Waals surface area (Å²) in [5, 5.41) is 4.42. The number of nitrogens with two attached hydrogens (primary N) is 1. The molecule has 0 spiro atoms. The number of nitrogens with zero attached hydrogens (tertiary/aromatic N) is 2. The third-order valence-electron chi connectivity index (χ3n) is 4.67. The van der Waals surface area contributed by atoms with Crippen LogP contribution in [0.4, 0.5) is 0 Å². The molecule has 3 rings (SSSR count). The molecule has 1 aromatic heterocycles. The molecule has 0 aliphatic heterocycles. The van der Waals surface area contributed by atoms with Gasteiger partial charge in [0.2, 0.25) is 0 Å². The van der Waals surface area contributed by atoms with Crippen LogP contribution in [0, 0.1) is 17.8 Å². The maximum absolute atomic E-state index is 5.83. The Morgan fingerprint density at radius 1 is 1.58 bits per heavy atom. The zero-order chi connectivity index (χ0) is 13.4. The normalized spacial score (nSPS) is 30.4. The Balaban J connectivity index is 1.80. The summed E-state index contributed by atoms with van der Waals surface area (Å²) >= 11 is 3.61. The summed E-state index contributed by atoms with van der Waals surface area (Å²) in [6.45, 7) is 1.42. The van der Waals surface area contributed by atoms with E-state index in [9.17, 15) is 0 Å². The predicted molar refractivity (Wildman–Crippen MR) is 76.2 cm³/mol. The van der Waals surface area contributed by atoms with Crippen LogP contribution >= 0.6 is 15.9 Å². The Morgan fingerprint density at radius 3 is 2.95 bits per heavy atom. The second kappa shape index (κ2) is 5.52. The maximum Gasteiger partial charge on any atom is 0.0713 e. The van der Waals surface area contributed by atoms with Crippen molar-refractivity contribution in [2.24, 2.45) is 23.6 Å². The lowest BCUT2D eigenvalue weighted by Gasteiger charge is -2.20. The predicted octanol–water partition coefficient (Wildman–Crippen LogP) is 1.84. The monoisotopic (exact) mass is 328 g/mol. The van der Waals surface area contributed by atoms with E-state index in [2.05, 4.69) is 26.5 Å². The molecule has 0 saturated heterocycles. The van der Waals surface area contributed by atoms with Crippen LogP contribution < -0.4 is 11.3 Å². The largest absolute Gasteiger partial charge is 0.383 e. The van der Waals surface area contributed by atoms with Gasteiger partial charge in [-0.1, -0.05) is 6.42 Å². The maximum atomic E-state index is 5.83. The van der Waals surface area contributed by atoms with Gasteiger partial charge in [-0.3, -0.25) is 16.0 Å². The number of nitrogens with one attached hydrogen (secondary N) is 1. The molecular formula is C13H21BrN4O. The first-order valence-electron chi connectivity index (χ1n) is 6.94. The molecule has 1 aromatic rings. The Labute approximate surface area is 122 Å². The van der Waals surface area contributed by atoms with Crippen molar-refractivity contribution in [1.82, 2.24) is 15.2 Å². The topological polar surface area (TPSA) is 65.1 Å². The van der Waals surface area contributed by atoms with E-state index in [0.717, 1.165) is 22.9 Å². The lowest BCUT2D eigenvalue weighted by molar-refractivity contribution is 0.181. The molecule has 19 heavy (non-hydrogen) atoms. The molecule has 106 valence electrons. The Bertz CT molecular complexity index is 440. The number of fused-ring (bicyclic) bond motifs is 1. The van der Waals surface area contributed by atoms with Gasteiger partial charge in [-0.05, 0) is 46.5 Å². The number of aromatic nitrogens is 2. The van der Waals surface area contributed by atoms with Crippen molar-refractivity contribution >= 4 is 15.9 Å². The SMILES string of the molecule is COCCn1ncc(Br)c1C(NN)C1C2CCCC21. The fraction of sp³-hybridized carbons (Fsp3) is 0.769. The number of ether oxygens (including phenoxy) is 1. The first kappa shape index (κ1) is 13.5. The van der Waals surface area contributed by atoms with Gasteiger partial charge in [0.25, 0.3) is 0 Å². The van der Waals surface area contributed by atoms with Gasteiger partial charge in [-0.15, -0.1) is 0 Å². The molecule has 3 N–H and O–H groups in total. The first-order valence-corrected chi connectivity index (χ1v) is 7.73. The van der Waals surface area contributed by atoms with Gasteiger partial charge >= 0.3 is 0 Å². The fourth-order valence-electron chi connectivity index (χ4n) is 3.78. The van der Waals surface area contributed by atoms with Crippen LogP contribution in [0.2, 0.25) is 0 Å². The van der Waals surface area contributed by atoms with Crippen molar-refractivity contribution < 1.29 is 4.74 Å². The highest BCUT2D eigenvalue weighted by Crippen LogP contribution is 2.62. The lowest BCUT2D eigenvalue weighted by Crippen LogP contribution is -2.33. The number of halogens is 1. The molecule has 0 bridgehead atoms. The van der Waals surface area contributed by atoms with Gasteiger partial charge in [0.15, 0.2) is 0 Å². The standard InChI is InChI=1S/C13H21BrN4O/c1-19-6-5-18-13(10(14)7-16-18)12(17-15)11-8-3-2-4-9(8)11/h7-9,11-12,17H,2-6,15H2,1H3. The van der Waals surface area contributed by atoms with E-state index in [1.807, 2.05) is 10.9 Å². The van der Waals surface area contributed by atoms with E-state index in [4.69, 9.17) is 10.6 Å². The Kier molecular flexibility index (Phi) is 3.93. The van der Waals surface area contributed by atoms with E-state index in [-0.39, 0.29) is 6.04 Å². The molecule has 3 atom stereocenters. The quantitative estimate of drug-likeness (QED) is 0.617. The number of hydrogen-bond acceptors (Lipinski definition) is 4. The second-order valence-electron chi connectivity index (χ2n) is 5.57. The molecule has 5 nitrogen and oxygen atoms in total. The van der Waals surface area contributed by atoms with Crippen LogP contribution in [0.5, 0.6) is 0 Å². The van der Waals surface area contributed by atoms with E-state index < -0.39 is 0 Å². The molecule has 6 heteroatoms. The second-order valence-corrected chi connectivity index (χ2v) is 6.43. The van der Waals surface area contributed by atoms with Crippen molar-refractivity contribution in [2.45, 2.75) is 31.8 Å². The summed E-state index contributed by atoms with van der Waals surface area (Å²) in [5.74, 6) is 8.23.